The minimum Gasteiger partial charge on any atom is -0.466 e. The van der Waals surface area contributed by atoms with Gasteiger partial charge in [-0.1, -0.05) is 11.3 Å². The summed E-state index contributed by atoms with van der Waals surface area (Å²) in [6.07, 6.45) is 0.265. The van der Waals surface area contributed by atoms with Crippen LogP contribution in [0.25, 0.3) is 0 Å². The quantitative estimate of drug-likeness (QED) is 0.690. The molecule has 0 aromatic carbocycles. The molecule has 0 spiro atoms. The number of nitrogen functional groups attached to an aromatic ring is 1. The molecule has 0 amide bonds. The lowest BCUT2D eigenvalue weighted by Gasteiger charge is -1.96. The van der Waals surface area contributed by atoms with E-state index in [1.807, 2.05) is 5.38 Å². The maximum atomic E-state index is 10.9. The Balaban J connectivity index is 2.46. The molecule has 12 heavy (non-hydrogen) atoms. The van der Waals surface area contributed by atoms with Crippen molar-refractivity contribution in [3.63, 3.8) is 0 Å². The lowest BCUT2D eigenvalue weighted by atomic mass is 10.3. The Labute approximate surface area is 74.4 Å². The lowest BCUT2D eigenvalue weighted by molar-refractivity contribution is -0.365. The first-order valence-corrected chi connectivity index (χ1v) is 4.51. The number of hydrogen-bond acceptors (Lipinski definition) is 4. The second-order valence-electron chi connectivity index (χ2n) is 2.23. The van der Waals surface area contributed by atoms with Crippen LogP contribution in [0, 0.1) is 0 Å². The van der Waals surface area contributed by atoms with Crippen molar-refractivity contribution >= 4 is 22.4 Å². The molecule has 0 atom stereocenters. The van der Waals surface area contributed by atoms with Crippen molar-refractivity contribution in [1.29, 1.82) is 0 Å². The Bertz CT molecular complexity index is 272. The van der Waals surface area contributed by atoms with Crippen molar-refractivity contribution in [3.05, 3.63) is 11.1 Å². The van der Waals surface area contributed by atoms with Crippen LogP contribution in [-0.2, 0) is 16.0 Å². The van der Waals surface area contributed by atoms with Crippen molar-refractivity contribution in [3.8, 4) is 0 Å². The summed E-state index contributed by atoms with van der Waals surface area (Å²) in [5.41, 5.74) is 6.24. The molecule has 4 nitrogen and oxygen atoms in total. The summed E-state index contributed by atoms with van der Waals surface area (Å²) >= 11 is 1.38. The zero-order valence-electron chi connectivity index (χ0n) is 6.79. The molecule has 0 fully saturated rings. The number of carbonyl (C=O) groups is 1. The number of H-pyrrole nitrogens is 1. The second kappa shape index (κ2) is 4.06. The molecule has 0 unspecified atom stereocenters. The van der Waals surface area contributed by atoms with E-state index in [9.17, 15) is 4.79 Å². The number of aromatic nitrogens is 1. The molecule has 0 saturated heterocycles. The SMILES string of the molecule is CCOC(=O)Cc1csc(N)[nH+]1. The zero-order valence-corrected chi connectivity index (χ0v) is 7.61. The molecule has 3 N–H and O–H groups in total. The molecule has 0 saturated carbocycles. The number of esters is 1. The number of aromatic amines is 1. The summed E-state index contributed by atoms with van der Waals surface area (Å²) in [7, 11) is 0. The Hall–Kier alpha value is -1.10. The van der Waals surface area contributed by atoms with Crippen molar-refractivity contribution in [2.75, 3.05) is 12.3 Å². The van der Waals surface area contributed by atoms with E-state index in [1.165, 1.54) is 11.3 Å². The number of anilines is 1. The maximum Gasteiger partial charge on any atom is 0.329 e. The fraction of sp³-hybridized carbons (Fsp3) is 0.429. The van der Waals surface area contributed by atoms with Crippen LogP contribution in [0.1, 0.15) is 12.6 Å². The Morgan fingerprint density at radius 2 is 2.58 bits per heavy atom. The van der Waals surface area contributed by atoms with Gasteiger partial charge in [0.15, 0.2) is 0 Å². The smallest absolute Gasteiger partial charge is 0.329 e. The Kier molecular flexibility index (Phi) is 3.04. The minimum absolute atomic E-state index is 0.230. The summed E-state index contributed by atoms with van der Waals surface area (Å²) in [4.78, 5) is 13.8. The summed E-state index contributed by atoms with van der Waals surface area (Å²) in [6, 6.07) is 0. The van der Waals surface area contributed by atoms with E-state index in [-0.39, 0.29) is 12.4 Å². The predicted molar refractivity (Wildman–Crippen MR) is 45.6 cm³/mol. The number of ether oxygens (including phenoxy) is 1. The molecular formula is C7H11N2O2S+. The van der Waals surface area contributed by atoms with E-state index in [0.717, 1.165) is 5.69 Å². The highest BCUT2D eigenvalue weighted by Crippen LogP contribution is 2.06. The normalized spacial score (nSPS) is 9.75. The molecule has 0 aliphatic rings. The van der Waals surface area contributed by atoms with Crippen molar-refractivity contribution < 1.29 is 14.5 Å². The van der Waals surface area contributed by atoms with Crippen molar-refractivity contribution in [2.24, 2.45) is 0 Å². The summed E-state index contributed by atoms with van der Waals surface area (Å²) in [5, 5.41) is 2.42. The van der Waals surface area contributed by atoms with Gasteiger partial charge >= 0.3 is 11.1 Å². The van der Waals surface area contributed by atoms with E-state index in [2.05, 4.69) is 4.98 Å². The molecule has 5 heteroatoms. The zero-order chi connectivity index (χ0) is 8.97. The Morgan fingerprint density at radius 1 is 1.83 bits per heavy atom. The van der Waals surface area contributed by atoms with E-state index in [0.29, 0.717) is 11.7 Å². The standard InChI is InChI=1S/C7H10N2O2S/c1-2-11-6(10)3-5-4-12-7(8)9-5/h4H,2-3H2,1H3,(H2,8,9)/p+1. The van der Waals surface area contributed by atoms with E-state index in [4.69, 9.17) is 10.5 Å². The lowest BCUT2D eigenvalue weighted by Crippen LogP contribution is -2.16. The number of nitrogens with two attached hydrogens (primary N) is 1. The van der Waals surface area contributed by atoms with Gasteiger partial charge in [0.05, 0.1) is 6.61 Å². The molecule has 1 aromatic heterocycles. The molecule has 1 aromatic rings. The van der Waals surface area contributed by atoms with Crippen LogP contribution in [0.4, 0.5) is 5.13 Å². The highest BCUT2D eigenvalue weighted by Gasteiger charge is 2.09. The molecule has 0 aliphatic heterocycles. The van der Waals surface area contributed by atoms with Gasteiger partial charge in [0.2, 0.25) is 0 Å². The molecule has 0 aliphatic carbocycles. The molecular weight excluding hydrogens is 176 g/mol. The third kappa shape index (κ3) is 2.50. The van der Waals surface area contributed by atoms with Gasteiger partial charge in [-0.3, -0.25) is 10.5 Å². The number of rotatable bonds is 3. The summed E-state index contributed by atoms with van der Waals surface area (Å²) < 4.78 is 4.76. The molecule has 1 rings (SSSR count). The number of nitrogens with one attached hydrogen (secondary N) is 1. The van der Waals surface area contributed by atoms with Gasteiger partial charge in [-0.15, -0.1) is 0 Å². The summed E-state index contributed by atoms with van der Waals surface area (Å²) in [6.45, 7) is 2.20. The van der Waals surface area contributed by atoms with Gasteiger partial charge in [0, 0.05) is 5.38 Å². The number of thiazole rings is 1. The first-order chi connectivity index (χ1) is 5.72. The van der Waals surface area contributed by atoms with Gasteiger partial charge in [-0.2, -0.15) is 0 Å². The first kappa shape index (κ1) is 8.99. The van der Waals surface area contributed by atoms with Crippen molar-refractivity contribution in [1.82, 2.24) is 0 Å². The van der Waals surface area contributed by atoms with E-state index < -0.39 is 0 Å². The average molecular weight is 187 g/mol. The highest BCUT2D eigenvalue weighted by atomic mass is 32.1. The fourth-order valence-electron chi connectivity index (χ4n) is 0.805. The third-order valence-corrected chi connectivity index (χ3v) is 2.01. The van der Waals surface area contributed by atoms with Crippen LogP contribution in [-0.4, -0.2) is 12.6 Å². The highest BCUT2D eigenvalue weighted by molar-refractivity contribution is 7.13. The molecule has 66 valence electrons. The van der Waals surface area contributed by atoms with Crippen LogP contribution in [0.15, 0.2) is 5.38 Å². The first-order valence-electron chi connectivity index (χ1n) is 3.63. The monoisotopic (exact) mass is 187 g/mol. The number of hydrogen-bond donors (Lipinski definition) is 1. The predicted octanol–water partition coefficient (Wildman–Crippen LogP) is 0.250. The summed E-state index contributed by atoms with van der Waals surface area (Å²) in [5.74, 6) is -0.230. The van der Waals surface area contributed by atoms with Gasteiger partial charge in [0.1, 0.15) is 12.1 Å². The minimum atomic E-state index is -0.230. The number of carbonyl (C=O) groups excluding carboxylic acids is 1. The molecule has 1 heterocycles. The second-order valence-corrected chi connectivity index (χ2v) is 3.14. The molecule has 0 radical (unpaired) electrons. The van der Waals surface area contributed by atoms with Gasteiger partial charge in [-0.25, -0.2) is 4.98 Å². The Morgan fingerprint density at radius 3 is 3.08 bits per heavy atom. The van der Waals surface area contributed by atoms with Crippen LogP contribution in [0.5, 0.6) is 0 Å². The largest absolute Gasteiger partial charge is 0.466 e. The maximum absolute atomic E-state index is 10.9. The van der Waals surface area contributed by atoms with E-state index >= 15 is 0 Å². The average Bonchev–Trinajstić information content (AvgIpc) is 2.36. The van der Waals surface area contributed by atoms with Crippen LogP contribution < -0.4 is 10.7 Å². The topological polar surface area (TPSA) is 66.5 Å². The van der Waals surface area contributed by atoms with Crippen molar-refractivity contribution in [2.45, 2.75) is 13.3 Å². The van der Waals surface area contributed by atoms with Gasteiger partial charge in [-0.05, 0) is 6.92 Å². The van der Waals surface area contributed by atoms with Crippen LogP contribution in [0.2, 0.25) is 0 Å². The van der Waals surface area contributed by atoms with Crippen LogP contribution >= 0.6 is 11.3 Å². The molecule has 0 bridgehead atoms. The van der Waals surface area contributed by atoms with Crippen LogP contribution in [0.3, 0.4) is 0 Å². The van der Waals surface area contributed by atoms with Gasteiger partial charge < -0.3 is 4.74 Å². The third-order valence-electron chi connectivity index (χ3n) is 1.25. The van der Waals surface area contributed by atoms with E-state index in [1.54, 1.807) is 6.92 Å². The van der Waals surface area contributed by atoms with Gasteiger partial charge in [0.25, 0.3) is 0 Å². The fourth-order valence-corrected chi connectivity index (χ4v) is 1.41.